The summed E-state index contributed by atoms with van der Waals surface area (Å²) in [4.78, 5) is 0. The quantitative estimate of drug-likeness (QED) is 0.720. The number of hydrogen-bond acceptors (Lipinski definition) is 2. The Morgan fingerprint density at radius 2 is 2.13 bits per heavy atom. The number of rotatable bonds is 6. The molecule has 0 bridgehead atoms. The van der Waals surface area contributed by atoms with Gasteiger partial charge in [-0.15, -0.1) is 0 Å². The summed E-state index contributed by atoms with van der Waals surface area (Å²) >= 11 is 0. The highest BCUT2D eigenvalue weighted by molar-refractivity contribution is 5.31. The van der Waals surface area contributed by atoms with Gasteiger partial charge in [-0.05, 0) is 44.4 Å². The zero-order valence-electron chi connectivity index (χ0n) is 9.33. The molecule has 0 amide bonds. The molecule has 0 saturated heterocycles. The standard InChI is InChI=1S/C13H19NO/c1-11-5-2-3-6-13(11)15-10-4-9-14-12-7-8-12/h2-3,5-6,12,14H,4,7-10H2,1H3. The van der Waals surface area contributed by atoms with Crippen molar-refractivity contribution >= 4 is 0 Å². The van der Waals surface area contributed by atoms with Gasteiger partial charge in [0.05, 0.1) is 6.61 Å². The topological polar surface area (TPSA) is 21.3 Å². The summed E-state index contributed by atoms with van der Waals surface area (Å²) in [7, 11) is 0. The lowest BCUT2D eigenvalue weighted by molar-refractivity contribution is 0.306. The molecule has 0 unspecified atom stereocenters. The van der Waals surface area contributed by atoms with Crippen molar-refractivity contribution in [3.8, 4) is 5.75 Å². The maximum atomic E-state index is 5.70. The number of aryl methyl sites for hydroxylation is 1. The Morgan fingerprint density at radius 3 is 2.87 bits per heavy atom. The van der Waals surface area contributed by atoms with E-state index in [-0.39, 0.29) is 0 Å². The molecule has 0 spiro atoms. The molecule has 0 heterocycles. The van der Waals surface area contributed by atoms with Crippen molar-refractivity contribution in [1.82, 2.24) is 5.32 Å². The fourth-order valence-corrected chi connectivity index (χ4v) is 1.57. The molecule has 0 aliphatic heterocycles. The molecule has 0 atom stereocenters. The molecule has 1 N–H and O–H groups in total. The highest BCUT2D eigenvalue weighted by Crippen LogP contribution is 2.18. The Hall–Kier alpha value is -1.02. The summed E-state index contributed by atoms with van der Waals surface area (Å²) in [5.41, 5.74) is 1.22. The fraction of sp³-hybridized carbons (Fsp3) is 0.538. The SMILES string of the molecule is Cc1ccccc1OCCCNC1CC1. The van der Waals surface area contributed by atoms with Crippen molar-refractivity contribution in [2.24, 2.45) is 0 Å². The number of ether oxygens (including phenoxy) is 1. The average molecular weight is 205 g/mol. The predicted octanol–water partition coefficient (Wildman–Crippen LogP) is 2.52. The molecule has 1 aliphatic rings. The fourth-order valence-electron chi connectivity index (χ4n) is 1.57. The predicted molar refractivity (Wildman–Crippen MR) is 62.3 cm³/mol. The van der Waals surface area contributed by atoms with Gasteiger partial charge in [-0.3, -0.25) is 0 Å². The van der Waals surface area contributed by atoms with Crippen LogP contribution in [-0.4, -0.2) is 19.2 Å². The number of hydrogen-bond donors (Lipinski definition) is 1. The summed E-state index contributed by atoms with van der Waals surface area (Å²) < 4.78 is 5.70. The second kappa shape index (κ2) is 5.17. The van der Waals surface area contributed by atoms with E-state index in [0.29, 0.717) is 0 Å². The van der Waals surface area contributed by atoms with Gasteiger partial charge in [0.15, 0.2) is 0 Å². The molecule has 2 rings (SSSR count). The number of para-hydroxylation sites is 1. The van der Waals surface area contributed by atoms with Gasteiger partial charge in [0.2, 0.25) is 0 Å². The van der Waals surface area contributed by atoms with E-state index in [1.165, 1.54) is 18.4 Å². The van der Waals surface area contributed by atoms with Crippen molar-refractivity contribution in [2.45, 2.75) is 32.2 Å². The Bertz CT molecular complexity index is 307. The summed E-state index contributed by atoms with van der Waals surface area (Å²) in [5, 5.41) is 3.48. The smallest absolute Gasteiger partial charge is 0.122 e. The maximum Gasteiger partial charge on any atom is 0.122 e. The van der Waals surface area contributed by atoms with Crippen LogP contribution in [0.1, 0.15) is 24.8 Å². The summed E-state index contributed by atoms with van der Waals surface area (Å²) in [5.74, 6) is 1.02. The van der Waals surface area contributed by atoms with Crippen molar-refractivity contribution in [3.63, 3.8) is 0 Å². The maximum absolute atomic E-state index is 5.70. The van der Waals surface area contributed by atoms with Gasteiger partial charge in [0, 0.05) is 6.04 Å². The molecular formula is C13H19NO. The molecule has 0 aromatic heterocycles. The van der Waals surface area contributed by atoms with Crippen LogP contribution in [0.25, 0.3) is 0 Å². The summed E-state index contributed by atoms with van der Waals surface area (Å²) in [6.45, 7) is 3.97. The first-order valence-corrected chi connectivity index (χ1v) is 5.78. The molecule has 2 heteroatoms. The first-order chi connectivity index (χ1) is 7.36. The highest BCUT2D eigenvalue weighted by Gasteiger charge is 2.19. The zero-order chi connectivity index (χ0) is 10.5. The van der Waals surface area contributed by atoms with E-state index in [1.54, 1.807) is 0 Å². The molecular weight excluding hydrogens is 186 g/mol. The van der Waals surface area contributed by atoms with E-state index < -0.39 is 0 Å². The Labute approximate surface area is 91.6 Å². The van der Waals surface area contributed by atoms with Crippen LogP contribution in [0.5, 0.6) is 5.75 Å². The van der Waals surface area contributed by atoms with Gasteiger partial charge in [0.25, 0.3) is 0 Å². The summed E-state index contributed by atoms with van der Waals surface area (Å²) in [6.07, 6.45) is 3.81. The van der Waals surface area contributed by atoms with Gasteiger partial charge in [-0.25, -0.2) is 0 Å². The Balaban J connectivity index is 1.62. The van der Waals surface area contributed by atoms with Gasteiger partial charge in [-0.1, -0.05) is 18.2 Å². The highest BCUT2D eigenvalue weighted by atomic mass is 16.5. The number of benzene rings is 1. The van der Waals surface area contributed by atoms with Gasteiger partial charge in [0.1, 0.15) is 5.75 Å². The molecule has 1 saturated carbocycles. The first-order valence-electron chi connectivity index (χ1n) is 5.78. The molecule has 1 aromatic carbocycles. The summed E-state index contributed by atoms with van der Waals surface area (Å²) in [6, 6.07) is 8.98. The monoisotopic (exact) mass is 205 g/mol. The lowest BCUT2D eigenvalue weighted by Crippen LogP contribution is -2.19. The molecule has 1 aliphatic carbocycles. The minimum absolute atomic E-state index is 0.809. The molecule has 1 fully saturated rings. The van der Waals surface area contributed by atoms with Gasteiger partial charge < -0.3 is 10.1 Å². The lowest BCUT2D eigenvalue weighted by Gasteiger charge is -2.08. The van der Waals surface area contributed by atoms with Crippen LogP contribution in [0.3, 0.4) is 0 Å². The van der Waals surface area contributed by atoms with Crippen LogP contribution in [0.2, 0.25) is 0 Å². The third-order valence-corrected chi connectivity index (χ3v) is 2.68. The molecule has 0 radical (unpaired) electrons. The Morgan fingerprint density at radius 1 is 1.33 bits per heavy atom. The third kappa shape index (κ3) is 3.56. The molecule has 1 aromatic rings. The van der Waals surface area contributed by atoms with Crippen molar-refractivity contribution in [1.29, 1.82) is 0 Å². The lowest BCUT2D eigenvalue weighted by atomic mass is 10.2. The van der Waals surface area contributed by atoms with E-state index in [9.17, 15) is 0 Å². The van der Waals surface area contributed by atoms with E-state index >= 15 is 0 Å². The van der Waals surface area contributed by atoms with Crippen LogP contribution in [-0.2, 0) is 0 Å². The van der Waals surface area contributed by atoms with E-state index in [2.05, 4.69) is 18.3 Å². The molecule has 2 nitrogen and oxygen atoms in total. The van der Waals surface area contributed by atoms with Crippen molar-refractivity contribution in [2.75, 3.05) is 13.2 Å². The minimum Gasteiger partial charge on any atom is -0.493 e. The van der Waals surface area contributed by atoms with Crippen molar-refractivity contribution in [3.05, 3.63) is 29.8 Å². The van der Waals surface area contributed by atoms with Crippen LogP contribution in [0, 0.1) is 6.92 Å². The second-order valence-electron chi connectivity index (χ2n) is 4.20. The average Bonchev–Trinajstić information content (AvgIpc) is 3.04. The van der Waals surface area contributed by atoms with Gasteiger partial charge in [-0.2, -0.15) is 0 Å². The normalized spacial score (nSPS) is 15.3. The van der Waals surface area contributed by atoms with Gasteiger partial charge >= 0.3 is 0 Å². The van der Waals surface area contributed by atoms with Crippen molar-refractivity contribution < 1.29 is 4.74 Å². The van der Waals surface area contributed by atoms with E-state index in [0.717, 1.165) is 31.4 Å². The van der Waals surface area contributed by atoms with E-state index in [4.69, 9.17) is 4.74 Å². The van der Waals surface area contributed by atoms with Crippen LogP contribution < -0.4 is 10.1 Å². The minimum atomic E-state index is 0.809. The zero-order valence-corrected chi connectivity index (χ0v) is 9.33. The molecule has 82 valence electrons. The van der Waals surface area contributed by atoms with Crippen LogP contribution >= 0.6 is 0 Å². The van der Waals surface area contributed by atoms with Crippen LogP contribution in [0.15, 0.2) is 24.3 Å². The largest absolute Gasteiger partial charge is 0.493 e. The van der Waals surface area contributed by atoms with E-state index in [1.807, 2.05) is 18.2 Å². The van der Waals surface area contributed by atoms with Crippen LogP contribution in [0.4, 0.5) is 0 Å². The number of nitrogens with one attached hydrogen (secondary N) is 1. The Kier molecular flexibility index (Phi) is 3.62. The second-order valence-corrected chi connectivity index (χ2v) is 4.20. The first kappa shape index (κ1) is 10.5. The molecule has 15 heavy (non-hydrogen) atoms. The third-order valence-electron chi connectivity index (χ3n) is 2.68.